The molecule has 0 unspecified atom stereocenters. The third kappa shape index (κ3) is 6.42. The van der Waals surface area contributed by atoms with Gasteiger partial charge in [-0.15, -0.1) is 34.2 Å². The maximum absolute atomic E-state index is 6.05. The minimum atomic E-state index is 0. The van der Waals surface area contributed by atoms with Gasteiger partial charge in [-0.2, -0.15) is 0 Å². The van der Waals surface area contributed by atoms with Gasteiger partial charge in [0.1, 0.15) is 11.6 Å². The molecular formula is C18H33IN6. The first kappa shape index (κ1) is 20.5. The molecule has 1 aliphatic carbocycles. The van der Waals surface area contributed by atoms with Gasteiger partial charge in [0.15, 0.2) is 5.96 Å². The molecule has 6 nitrogen and oxygen atoms in total. The summed E-state index contributed by atoms with van der Waals surface area (Å²) in [7, 11) is 0. The second-order valence-electron chi connectivity index (χ2n) is 7.20. The zero-order valence-electron chi connectivity index (χ0n) is 15.3. The van der Waals surface area contributed by atoms with Gasteiger partial charge in [-0.1, -0.05) is 32.1 Å². The van der Waals surface area contributed by atoms with Crippen LogP contribution in [0.1, 0.15) is 75.9 Å². The fraction of sp³-hybridized carbons (Fsp3) is 0.833. The van der Waals surface area contributed by atoms with Crippen LogP contribution in [0.3, 0.4) is 0 Å². The molecule has 3 N–H and O–H groups in total. The zero-order valence-corrected chi connectivity index (χ0v) is 17.6. The number of nitrogens with one attached hydrogen (secondary N) is 1. The quantitative estimate of drug-likeness (QED) is 0.233. The summed E-state index contributed by atoms with van der Waals surface area (Å²) in [4.78, 5) is 4.50. The van der Waals surface area contributed by atoms with Crippen molar-refractivity contribution >= 4 is 29.9 Å². The summed E-state index contributed by atoms with van der Waals surface area (Å²) in [5, 5.41) is 12.1. The van der Waals surface area contributed by atoms with Crippen LogP contribution in [0.15, 0.2) is 4.99 Å². The number of halogens is 1. The minimum Gasteiger partial charge on any atom is -0.370 e. The second-order valence-corrected chi connectivity index (χ2v) is 7.20. The Morgan fingerprint density at radius 2 is 1.84 bits per heavy atom. The van der Waals surface area contributed by atoms with Crippen molar-refractivity contribution < 1.29 is 0 Å². The largest absolute Gasteiger partial charge is 0.370 e. The molecule has 0 amide bonds. The smallest absolute Gasteiger partial charge is 0.188 e. The van der Waals surface area contributed by atoms with Crippen LogP contribution in [0, 0.1) is 0 Å². The van der Waals surface area contributed by atoms with E-state index in [-0.39, 0.29) is 24.0 Å². The molecule has 1 aliphatic heterocycles. The fourth-order valence-electron chi connectivity index (χ4n) is 3.85. The molecule has 1 aromatic heterocycles. The Morgan fingerprint density at radius 3 is 2.64 bits per heavy atom. The molecule has 1 fully saturated rings. The summed E-state index contributed by atoms with van der Waals surface area (Å²) >= 11 is 0. The minimum absolute atomic E-state index is 0. The van der Waals surface area contributed by atoms with Gasteiger partial charge in [0.25, 0.3) is 0 Å². The average molecular weight is 460 g/mol. The topological polar surface area (TPSA) is 81.1 Å². The van der Waals surface area contributed by atoms with Crippen LogP contribution >= 0.6 is 24.0 Å². The van der Waals surface area contributed by atoms with Crippen LogP contribution < -0.4 is 11.1 Å². The van der Waals surface area contributed by atoms with Crippen LogP contribution in [-0.4, -0.2) is 33.3 Å². The number of guanidine groups is 1. The Balaban J connectivity index is 0.00000225. The van der Waals surface area contributed by atoms with Gasteiger partial charge in [0.05, 0.1) is 0 Å². The summed E-state index contributed by atoms with van der Waals surface area (Å²) in [5.74, 6) is 2.90. The monoisotopic (exact) mass is 460 g/mol. The molecule has 2 heterocycles. The van der Waals surface area contributed by atoms with Gasteiger partial charge in [-0.3, -0.25) is 4.99 Å². The summed E-state index contributed by atoms with van der Waals surface area (Å²) in [6.45, 7) is 1.83. The van der Waals surface area contributed by atoms with Gasteiger partial charge in [-0.05, 0) is 32.1 Å². The number of aryl methyl sites for hydroxylation is 2. The van der Waals surface area contributed by atoms with Gasteiger partial charge in [0.2, 0.25) is 0 Å². The third-order valence-electron chi connectivity index (χ3n) is 5.23. The van der Waals surface area contributed by atoms with E-state index in [9.17, 15) is 0 Å². The molecule has 2 aliphatic rings. The lowest BCUT2D eigenvalue weighted by atomic mass is 10.1. The van der Waals surface area contributed by atoms with Gasteiger partial charge in [-0.25, -0.2) is 0 Å². The normalized spacial score (nSPS) is 19.4. The first-order valence-corrected chi connectivity index (χ1v) is 9.80. The average Bonchev–Trinajstić information content (AvgIpc) is 2.79. The Morgan fingerprint density at radius 1 is 1.08 bits per heavy atom. The highest BCUT2D eigenvalue weighted by Crippen LogP contribution is 2.17. The van der Waals surface area contributed by atoms with Crippen LogP contribution in [0.2, 0.25) is 0 Å². The summed E-state index contributed by atoms with van der Waals surface area (Å²) in [5.41, 5.74) is 6.05. The van der Waals surface area contributed by atoms with Crippen LogP contribution in [0.5, 0.6) is 0 Å². The lowest BCUT2D eigenvalue weighted by Crippen LogP contribution is -2.39. The maximum atomic E-state index is 6.05. The molecule has 7 heteroatoms. The summed E-state index contributed by atoms with van der Waals surface area (Å²) in [6.07, 6.45) is 14.6. The van der Waals surface area contributed by atoms with E-state index >= 15 is 0 Å². The molecule has 0 aromatic carbocycles. The number of hydrogen-bond acceptors (Lipinski definition) is 3. The van der Waals surface area contributed by atoms with E-state index in [2.05, 4.69) is 25.1 Å². The van der Waals surface area contributed by atoms with Gasteiger partial charge < -0.3 is 15.6 Å². The Bertz CT molecular complexity index is 534. The van der Waals surface area contributed by atoms with Crippen molar-refractivity contribution in [3.63, 3.8) is 0 Å². The Labute approximate surface area is 168 Å². The van der Waals surface area contributed by atoms with Crippen molar-refractivity contribution in [2.45, 2.75) is 89.6 Å². The second kappa shape index (κ2) is 11.0. The lowest BCUT2D eigenvalue weighted by Gasteiger charge is -2.16. The molecule has 25 heavy (non-hydrogen) atoms. The molecule has 0 spiro atoms. The van der Waals surface area contributed by atoms with Crippen LogP contribution in [-0.2, 0) is 19.4 Å². The number of rotatable bonds is 5. The van der Waals surface area contributed by atoms with Gasteiger partial charge in [0, 0.05) is 32.0 Å². The van der Waals surface area contributed by atoms with E-state index in [4.69, 9.17) is 5.73 Å². The maximum Gasteiger partial charge on any atom is 0.188 e. The Kier molecular flexibility index (Phi) is 8.98. The van der Waals surface area contributed by atoms with Crippen molar-refractivity contribution in [3.05, 3.63) is 11.6 Å². The van der Waals surface area contributed by atoms with Gasteiger partial charge >= 0.3 is 0 Å². The molecule has 1 aromatic rings. The fourth-order valence-corrected chi connectivity index (χ4v) is 3.85. The SMILES string of the molecule is I.NC(=NCCCc1nnc2n1CCCCC2)NC1CCCCCC1. The van der Waals surface area contributed by atoms with E-state index in [1.54, 1.807) is 0 Å². The van der Waals surface area contributed by atoms with E-state index in [0.29, 0.717) is 12.0 Å². The number of aromatic nitrogens is 3. The van der Waals surface area contributed by atoms with Crippen LogP contribution in [0.25, 0.3) is 0 Å². The van der Waals surface area contributed by atoms with E-state index < -0.39 is 0 Å². The molecule has 1 saturated carbocycles. The first-order chi connectivity index (χ1) is 11.8. The van der Waals surface area contributed by atoms with Crippen molar-refractivity contribution in [3.8, 4) is 0 Å². The molecule has 3 rings (SSSR count). The molecular weight excluding hydrogens is 427 g/mol. The molecule has 0 saturated heterocycles. The lowest BCUT2D eigenvalue weighted by molar-refractivity contribution is 0.529. The van der Waals surface area contributed by atoms with Crippen molar-refractivity contribution in [1.29, 1.82) is 0 Å². The predicted octanol–water partition coefficient (Wildman–Crippen LogP) is 3.18. The van der Waals surface area contributed by atoms with E-state index in [0.717, 1.165) is 38.2 Å². The molecule has 0 radical (unpaired) electrons. The summed E-state index contributed by atoms with van der Waals surface area (Å²) in [6, 6.07) is 0.517. The number of fused-ring (bicyclic) bond motifs is 1. The highest BCUT2D eigenvalue weighted by Gasteiger charge is 2.14. The number of hydrogen-bond donors (Lipinski definition) is 2. The number of nitrogens with zero attached hydrogens (tertiary/aromatic N) is 4. The molecule has 0 atom stereocenters. The standard InChI is InChI=1S/C18H32N6.HI/c19-18(21-15-9-4-1-2-5-10-15)20-13-8-12-17-23-22-16-11-6-3-7-14-24(16)17;/h15H,1-14H2,(H3,19,20,21);1H. The van der Waals surface area contributed by atoms with E-state index in [1.165, 1.54) is 63.6 Å². The predicted molar refractivity (Wildman–Crippen MR) is 112 cm³/mol. The highest BCUT2D eigenvalue weighted by atomic mass is 127. The zero-order chi connectivity index (χ0) is 16.6. The number of nitrogens with two attached hydrogens (primary N) is 1. The van der Waals surface area contributed by atoms with Crippen LogP contribution in [0.4, 0.5) is 0 Å². The van der Waals surface area contributed by atoms with Crippen molar-refractivity contribution in [2.75, 3.05) is 6.54 Å². The third-order valence-corrected chi connectivity index (χ3v) is 5.23. The molecule has 0 bridgehead atoms. The summed E-state index contributed by atoms with van der Waals surface area (Å²) < 4.78 is 2.32. The Hall–Kier alpha value is -0.860. The number of aliphatic imine (C=N–C) groups is 1. The highest BCUT2D eigenvalue weighted by molar-refractivity contribution is 14.0. The first-order valence-electron chi connectivity index (χ1n) is 9.80. The molecule has 142 valence electrons. The van der Waals surface area contributed by atoms with Crippen molar-refractivity contribution in [2.24, 2.45) is 10.7 Å². The van der Waals surface area contributed by atoms with Crippen molar-refractivity contribution in [1.82, 2.24) is 20.1 Å². The van der Waals surface area contributed by atoms with E-state index in [1.807, 2.05) is 0 Å².